The Kier molecular flexibility index (Phi) is 4.28. The Hall–Kier alpha value is -2.60. The van der Waals surface area contributed by atoms with Crippen molar-refractivity contribution in [3.05, 3.63) is 65.2 Å². The molecule has 1 unspecified atom stereocenters. The van der Waals surface area contributed by atoms with E-state index in [1.165, 1.54) is 5.56 Å². The number of thioether (sulfide) groups is 1. The van der Waals surface area contributed by atoms with Crippen molar-refractivity contribution in [2.24, 2.45) is 10.1 Å². The molecule has 126 valence electrons. The van der Waals surface area contributed by atoms with E-state index < -0.39 is 0 Å². The molecule has 2 aliphatic rings. The van der Waals surface area contributed by atoms with E-state index in [1.807, 2.05) is 36.4 Å². The minimum Gasteiger partial charge on any atom is -0.326 e. The number of fused-ring (bicyclic) bond motifs is 1. The fraction of sp³-hybridized carbons (Fsp3) is 0.211. The molecule has 2 aliphatic heterocycles. The lowest BCUT2D eigenvalue weighted by Crippen LogP contribution is -2.25. The van der Waals surface area contributed by atoms with Crippen LogP contribution in [0.15, 0.2) is 58.6 Å². The summed E-state index contributed by atoms with van der Waals surface area (Å²) < 4.78 is 0. The highest BCUT2D eigenvalue weighted by Crippen LogP contribution is 2.26. The van der Waals surface area contributed by atoms with Crippen LogP contribution in [0, 0.1) is 0 Å². The van der Waals surface area contributed by atoms with Crippen LogP contribution in [-0.4, -0.2) is 22.5 Å². The molecule has 0 radical (unpaired) electrons. The fourth-order valence-corrected chi connectivity index (χ4v) is 3.75. The second-order valence-electron chi connectivity index (χ2n) is 6.08. The Bertz CT molecular complexity index is 876. The number of aliphatic imine (C=N–C) groups is 1. The van der Waals surface area contributed by atoms with E-state index in [-0.39, 0.29) is 11.9 Å². The fourth-order valence-electron chi connectivity index (χ4n) is 2.91. The zero-order valence-electron chi connectivity index (χ0n) is 13.8. The molecule has 0 aliphatic carbocycles. The first-order valence-corrected chi connectivity index (χ1v) is 9.19. The largest absolute Gasteiger partial charge is 0.326 e. The van der Waals surface area contributed by atoms with Crippen molar-refractivity contribution >= 4 is 34.2 Å². The molecular formula is C19H18N4OS. The SMILES string of the molecule is CC(N=C1NN=C(c2ccc3c(c2)NC(=O)C3)CS1)c1ccccc1. The molecule has 6 heteroatoms. The smallest absolute Gasteiger partial charge is 0.228 e. The third kappa shape index (κ3) is 3.44. The van der Waals surface area contributed by atoms with Crippen LogP contribution in [0.25, 0.3) is 0 Å². The summed E-state index contributed by atoms with van der Waals surface area (Å²) in [6.45, 7) is 2.08. The van der Waals surface area contributed by atoms with Crippen LogP contribution in [0.2, 0.25) is 0 Å². The molecule has 0 fully saturated rings. The van der Waals surface area contributed by atoms with Gasteiger partial charge in [0.1, 0.15) is 0 Å². The summed E-state index contributed by atoms with van der Waals surface area (Å²) in [6, 6.07) is 16.3. The van der Waals surface area contributed by atoms with Gasteiger partial charge in [0.15, 0.2) is 5.17 Å². The van der Waals surface area contributed by atoms with Crippen LogP contribution in [0.4, 0.5) is 5.69 Å². The summed E-state index contributed by atoms with van der Waals surface area (Å²) in [7, 11) is 0. The van der Waals surface area contributed by atoms with Crippen molar-refractivity contribution < 1.29 is 4.79 Å². The summed E-state index contributed by atoms with van der Waals surface area (Å²) in [4.78, 5) is 16.2. The Labute approximate surface area is 150 Å². The van der Waals surface area contributed by atoms with Gasteiger partial charge in [-0.1, -0.05) is 54.2 Å². The summed E-state index contributed by atoms with van der Waals surface area (Å²) in [5, 5.41) is 8.19. The number of nitrogens with one attached hydrogen (secondary N) is 2. The second-order valence-corrected chi connectivity index (χ2v) is 7.04. The van der Waals surface area contributed by atoms with Crippen LogP contribution < -0.4 is 10.7 Å². The lowest BCUT2D eigenvalue weighted by atomic mass is 10.1. The molecule has 4 rings (SSSR count). The lowest BCUT2D eigenvalue weighted by Gasteiger charge is -2.17. The highest BCUT2D eigenvalue weighted by Gasteiger charge is 2.20. The first kappa shape index (κ1) is 15.9. The van der Waals surface area contributed by atoms with Gasteiger partial charge in [-0.25, -0.2) is 0 Å². The Morgan fingerprint density at radius 3 is 2.80 bits per heavy atom. The number of benzene rings is 2. The Morgan fingerprint density at radius 2 is 2.04 bits per heavy atom. The maximum Gasteiger partial charge on any atom is 0.228 e. The molecule has 0 spiro atoms. The highest BCUT2D eigenvalue weighted by atomic mass is 32.2. The van der Waals surface area contributed by atoms with E-state index in [9.17, 15) is 4.79 Å². The van der Waals surface area contributed by atoms with Gasteiger partial charge in [-0.15, -0.1) is 0 Å². The molecule has 25 heavy (non-hydrogen) atoms. The quantitative estimate of drug-likeness (QED) is 0.892. The molecule has 2 aromatic carbocycles. The van der Waals surface area contributed by atoms with E-state index in [0.717, 1.165) is 33.4 Å². The average Bonchev–Trinajstić information content (AvgIpc) is 3.02. The summed E-state index contributed by atoms with van der Waals surface area (Å²) in [5.74, 6) is 0.801. The standard InChI is InChI=1S/C19H18N4OS/c1-12(13-5-3-2-4-6-13)20-19-23-22-17(11-25-19)14-7-8-15-10-18(24)21-16(15)9-14/h2-9,12H,10-11H2,1H3,(H,20,23)(H,21,24). The van der Waals surface area contributed by atoms with Crippen molar-refractivity contribution in [2.75, 3.05) is 11.1 Å². The zero-order valence-corrected chi connectivity index (χ0v) is 14.6. The molecule has 2 aromatic rings. The molecule has 1 atom stereocenters. The van der Waals surface area contributed by atoms with E-state index >= 15 is 0 Å². The van der Waals surface area contributed by atoms with Crippen molar-refractivity contribution in [3.8, 4) is 0 Å². The predicted octanol–water partition coefficient (Wildman–Crippen LogP) is 3.34. The first-order valence-electron chi connectivity index (χ1n) is 8.20. The van der Waals surface area contributed by atoms with Crippen LogP contribution in [0.3, 0.4) is 0 Å². The third-order valence-corrected chi connectivity index (χ3v) is 5.18. The molecule has 0 aromatic heterocycles. The monoisotopic (exact) mass is 350 g/mol. The van der Waals surface area contributed by atoms with Gasteiger partial charge in [-0.05, 0) is 24.1 Å². The topological polar surface area (TPSA) is 65.8 Å². The minimum atomic E-state index is 0.0505. The van der Waals surface area contributed by atoms with Gasteiger partial charge in [0.25, 0.3) is 0 Å². The number of amides is 1. The third-order valence-electron chi connectivity index (χ3n) is 4.29. The van der Waals surface area contributed by atoms with Gasteiger partial charge in [-0.3, -0.25) is 15.2 Å². The Morgan fingerprint density at radius 1 is 1.20 bits per heavy atom. The van der Waals surface area contributed by atoms with Gasteiger partial charge in [0.2, 0.25) is 5.91 Å². The molecule has 2 heterocycles. The number of carbonyl (C=O) groups excluding carboxylic acids is 1. The highest BCUT2D eigenvalue weighted by molar-refractivity contribution is 8.14. The number of hydrogen-bond donors (Lipinski definition) is 2. The van der Waals surface area contributed by atoms with Crippen LogP contribution in [0.1, 0.15) is 29.7 Å². The number of rotatable bonds is 3. The maximum absolute atomic E-state index is 11.5. The summed E-state index contributed by atoms with van der Waals surface area (Å²) >= 11 is 1.64. The molecule has 0 bridgehead atoms. The molecular weight excluding hydrogens is 332 g/mol. The van der Waals surface area contributed by atoms with Gasteiger partial charge >= 0.3 is 0 Å². The number of nitrogens with zero attached hydrogens (tertiary/aromatic N) is 2. The minimum absolute atomic E-state index is 0.0505. The van der Waals surface area contributed by atoms with Gasteiger partial charge < -0.3 is 5.32 Å². The Balaban J connectivity index is 1.48. The van der Waals surface area contributed by atoms with E-state index in [0.29, 0.717) is 6.42 Å². The number of hydrogen-bond acceptors (Lipinski definition) is 4. The normalized spacial score (nSPS) is 19.0. The van der Waals surface area contributed by atoms with Crippen molar-refractivity contribution in [1.29, 1.82) is 0 Å². The number of amidine groups is 1. The van der Waals surface area contributed by atoms with E-state index in [1.54, 1.807) is 11.8 Å². The van der Waals surface area contributed by atoms with Crippen molar-refractivity contribution in [2.45, 2.75) is 19.4 Å². The van der Waals surface area contributed by atoms with Crippen LogP contribution in [0.5, 0.6) is 0 Å². The first-order chi connectivity index (χ1) is 12.2. The van der Waals surface area contributed by atoms with Crippen LogP contribution >= 0.6 is 11.8 Å². The molecule has 5 nitrogen and oxygen atoms in total. The molecule has 1 amide bonds. The van der Waals surface area contributed by atoms with Crippen molar-refractivity contribution in [3.63, 3.8) is 0 Å². The van der Waals surface area contributed by atoms with Gasteiger partial charge in [0, 0.05) is 17.0 Å². The number of carbonyl (C=O) groups is 1. The molecule has 2 N–H and O–H groups in total. The summed E-state index contributed by atoms with van der Waals surface area (Å²) in [5.41, 5.74) is 8.16. The maximum atomic E-state index is 11.5. The van der Waals surface area contributed by atoms with Crippen LogP contribution in [-0.2, 0) is 11.2 Å². The van der Waals surface area contributed by atoms with E-state index in [4.69, 9.17) is 4.99 Å². The van der Waals surface area contributed by atoms with Crippen molar-refractivity contribution in [1.82, 2.24) is 5.43 Å². The van der Waals surface area contributed by atoms with E-state index in [2.05, 4.69) is 34.9 Å². The van der Waals surface area contributed by atoms with Gasteiger partial charge in [-0.2, -0.15) is 5.10 Å². The zero-order chi connectivity index (χ0) is 17.2. The molecule has 0 saturated heterocycles. The number of hydrazone groups is 1. The number of anilines is 1. The average molecular weight is 350 g/mol. The predicted molar refractivity (Wildman–Crippen MR) is 103 cm³/mol. The summed E-state index contributed by atoms with van der Waals surface area (Å²) in [6.07, 6.45) is 0.462. The lowest BCUT2D eigenvalue weighted by molar-refractivity contribution is -0.115. The molecule has 0 saturated carbocycles. The second kappa shape index (κ2) is 6.72. The van der Waals surface area contributed by atoms with Gasteiger partial charge in [0.05, 0.1) is 18.2 Å².